The second kappa shape index (κ2) is 2.00. The van der Waals surface area contributed by atoms with Gasteiger partial charge in [-0.3, -0.25) is 0 Å². The van der Waals surface area contributed by atoms with Gasteiger partial charge in [0.1, 0.15) is 0 Å². The van der Waals surface area contributed by atoms with E-state index in [1.807, 2.05) is 35.6 Å². The predicted molar refractivity (Wildman–Crippen MR) is 27.6 cm³/mol. The van der Waals surface area contributed by atoms with Crippen molar-refractivity contribution in [2.75, 3.05) is 0 Å². The van der Waals surface area contributed by atoms with Gasteiger partial charge in [-0.2, -0.15) is 0 Å². The predicted octanol–water partition coefficient (Wildman–Crippen LogP) is 0.442. The molecule has 0 amide bonds. The quantitative estimate of drug-likeness (QED) is 0.541. The fourth-order valence-corrected chi connectivity index (χ4v) is 0.794. The van der Waals surface area contributed by atoms with Gasteiger partial charge < -0.3 is 0 Å². The molecule has 0 unspecified atom stereocenters. The van der Waals surface area contributed by atoms with Crippen LogP contribution in [0, 0.1) is 3.89 Å². The summed E-state index contributed by atoms with van der Waals surface area (Å²) in [5.41, 5.74) is 0. The molecule has 1 aromatic rings. The monoisotopic (exact) mass is 202 g/mol. The summed E-state index contributed by atoms with van der Waals surface area (Å²) in [6.07, 6.45) is 4.00. The van der Waals surface area contributed by atoms with Gasteiger partial charge in [0.25, 0.3) is 0 Å². The Hall–Kier alpha value is -0.128. The van der Waals surface area contributed by atoms with Crippen molar-refractivity contribution in [3.63, 3.8) is 0 Å². The van der Waals surface area contributed by atoms with Crippen molar-refractivity contribution in [3.8, 4) is 0 Å². The van der Waals surface area contributed by atoms with E-state index in [-0.39, 0.29) is 0 Å². The Bertz CT molecular complexity index is 210. The van der Waals surface area contributed by atoms with Crippen LogP contribution in [0.4, 0.5) is 0 Å². The number of aromatic nitrogens is 2. The first kappa shape index (κ1) is 6.00. The van der Waals surface area contributed by atoms with Gasteiger partial charge in [-0.15, -0.1) is 0 Å². The molecule has 0 saturated carbocycles. The van der Waals surface area contributed by atoms with Crippen LogP contribution in [0.15, 0.2) is 12.4 Å². The zero-order valence-electron chi connectivity index (χ0n) is 4.87. The summed E-state index contributed by atoms with van der Waals surface area (Å²) in [5.74, 6) is 0. The van der Waals surface area contributed by atoms with Gasteiger partial charge in [0.05, 0.1) is 0 Å². The second-order valence-corrected chi connectivity index (χ2v) is 2.46. The van der Waals surface area contributed by atoms with Crippen molar-refractivity contribution in [1.29, 1.82) is 0 Å². The third kappa shape index (κ3) is 0.841. The molecule has 2 nitrogen and oxygen atoms in total. The van der Waals surface area contributed by atoms with E-state index in [2.05, 4.69) is 18.7 Å². The van der Waals surface area contributed by atoms with Crippen LogP contribution in [0.5, 0.6) is 0 Å². The summed E-state index contributed by atoms with van der Waals surface area (Å²) >= 11 is 3.12. The van der Waals surface area contributed by atoms with Crippen molar-refractivity contribution >= 4 is 0 Å². The van der Waals surface area contributed by atoms with E-state index in [0.29, 0.717) is 0 Å². The third-order valence-electron chi connectivity index (χ3n) is 1.05. The van der Waals surface area contributed by atoms with Crippen molar-refractivity contribution in [2.24, 2.45) is 14.1 Å². The summed E-state index contributed by atoms with van der Waals surface area (Å²) in [6, 6.07) is 0. The van der Waals surface area contributed by atoms with Crippen LogP contribution in [0.2, 0.25) is 0 Å². The van der Waals surface area contributed by atoms with Gasteiger partial charge in [0, 0.05) is 0 Å². The van der Waals surface area contributed by atoms with Gasteiger partial charge in [-0.25, -0.2) is 0 Å². The molecule has 3 heteroatoms. The standard InChI is InChI=1S/C5H8N2.Pd/c1-6-3-4-7(2)5-6;/h3-4H,1-2H3;. The summed E-state index contributed by atoms with van der Waals surface area (Å²) in [5, 5.41) is 0. The van der Waals surface area contributed by atoms with Crippen molar-refractivity contribution in [2.45, 2.75) is 0 Å². The Kier molecular flexibility index (Phi) is 1.50. The first-order chi connectivity index (χ1) is 3.72. The van der Waals surface area contributed by atoms with Gasteiger partial charge in [-0.05, 0) is 0 Å². The maximum absolute atomic E-state index is 3.12. The van der Waals surface area contributed by atoms with E-state index in [0.717, 1.165) is 3.89 Å². The molecule has 48 valence electrons. The van der Waals surface area contributed by atoms with E-state index in [9.17, 15) is 0 Å². The molecule has 0 bridgehead atoms. The van der Waals surface area contributed by atoms with E-state index >= 15 is 0 Å². The van der Waals surface area contributed by atoms with E-state index in [1.54, 1.807) is 0 Å². The van der Waals surface area contributed by atoms with Gasteiger partial charge >= 0.3 is 58.3 Å². The minimum absolute atomic E-state index is 1.12. The molecule has 0 spiro atoms. The van der Waals surface area contributed by atoms with Gasteiger partial charge in [-0.1, -0.05) is 0 Å². The van der Waals surface area contributed by atoms with E-state index in [4.69, 9.17) is 0 Å². The maximum atomic E-state index is 3.12. The molecule has 0 radical (unpaired) electrons. The Morgan fingerprint density at radius 2 is 1.62 bits per heavy atom. The molecule has 0 aromatic carbocycles. The summed E-state index contributed by atoms with van der Waals surface area (Å²) < 4.78 is 5.15. The number of nitrogens with zero attached hydrogens (tertiary/aromatic N) is 2. The van der Waals surface area contributed by atoms with Crippen molar-refractivity contribution < 1.29 is 18.7 Å². The molecule has 0 fully saturated rings. The Morgan fingerprint density at radius 1 is 1.25 bits per heavy atom. The number of rotatable bonds is 0. The molecular formula is C5H8N2Pd. The van der Waals surface area contributed by atoms with Crippen molar-refractivity contribution in [1.82, 2.24) is 9.13 Å². The molecule has 1 aromatic heterocycles. The average molecular weight is 203 g/mol. The molecule has 0 aliphatic carbocycles. The summed E-state index contributed by atoms with van der Waals surface area (Å²) in [6.45, 7) is 0. The first-order valence-corrected chi connectivity index (χ1v) is 3.13. The van der Waals surface area contributed by atoms with E-state index < -0.39 is 0 Å². The summed E-state index contributed by atoms with van der Waals surface area (Å²) in [4.78, 5) is 0. The molecule has 0 aliphatic heterocycles. The second-order valence-electron chi connectivity index (χ2n) is 1.76. The Balaban J connectivity index is 3.42. The van der Waals surface area contributed by atoms with Crippen LogP contribution in [0.25, 0.3) is 0 Å². The fourth-order valence-electron chi connectivity index (χ4n) is 0.563. The number of hydrogen-bond acceptors (Lipinski definition) is 0. The van der Waals surface area contributed by atoms with Crippen LogP contribution in [-0.4, -0.2) is 9.13 Å². The number of hydrogen-bond donors (Lipinski definition) is 0. The normalized spacial score (nSPS) is 10.0. The molecule has 8 heavy (non-hydrogen) atoms. The minimum atomic E-state index is 1.12. The zero-order chi connectivity index (χ0) is 6.15. The van der Waals surface area contributed by atoms with Gasteiger partial charge in [0.15, 0.2) is 0 Å². The molecule has 0 aliphatic rings. The number of imidazole rings is 1. The van der Waals surface area contributed by atoms with Crippen molar-refractivity contribution in [3.05, 3.63) is 16.3 Å². The topological polar surface area (TPSA) is 9.86 Å². The van der Waals surface area contributed by atoms with E-state index in [1.165, 1.54) is 0 Å². The zero-order valence-corrected chi connectivity index (χ0v) is 6.42. The SMILES string of the molecule is Cn1ccn(C)[c]1=[Pd]. The third-order valence-corrected chi connectivity index (χ3v) is 2.15. The van der Waals surface area contributed by atoms with Crippen LogP contribution in [-0.2, 0) is 32.8 Å². The summed E-state index contributed by atoms with van der Waals surface area (Å²) in [7, 11) is 4.00. The molecule has 0 N–H and O–H groups in total. The molecule has 0 saturated heterocycles. The Morgan fingerprint density at radius 3 is 1.75 bits per heavy atom. The first-order valence-electron chi connectivity index (χ1n) is 2.35. The molecule has 1 rings (SSSR count). The Labute approximate surface area is 58.7 Å². The van der Waals surface area contributed by atoms with Crippen LogP contribution in [0.3, 0.4) is 0 Å². The average Bonchev–Trinajstić information content (AvgIpc) is 1.98. The fraction of sp³-hybridized carbons (Fsp3) is 0.400. The molecular weight excluding hydrogens is 194 g/mol. The number of aryl methyl sites for hydroxylation is 2. The molecule has 1 heterocycles. The van der Waals surface area contributed by atoms with Crippen LogP contribution < -0.4 is 0 Å². The van der Waals surface area contributed by atoms with Gasteiger partial charge in [0.2, 0.25) is 0 Å². The van der Waals surface area contributed by atoms with Crippen LogP contribution >= 0.6 is 0 Å². The molecule has 0 atom stereocenters. The van der Waals surface area contributed by atoms with Crippen LogP contribution in [0.1, 0.15) is 0 Å².